The van der Waals surface area contributed by atoms with Gasteiger partial charge >= 0.3 is 44.8 Å². The molecule has 0 heterocycles. The fourth-order valence-corrected chi connectivity index (χ4v) is 0. The van der Waals surface area contributed by atoms with E-state index in [9.17, 15) is 0 Å². The van der Waals surface area contributed by atoms with Crippen LogP contribution in [-0.4, -0.2) is 0 Å². The van der Waals surface area contributed by atoms with E-state index < -0.39 is 0 Å². The second-order valence-electron chi connectivity index (χ2n) is 0. The first-order chi connectivity index (χ1) is 2.00. The second-order valence-corrected chi connectivity index (χ2v) is 0. The average Bonchev–Trinajstić information content (AvgIpc) is 1.50. The average molecular weight is 322 g/mol. The molecule has 0 aromatic carbocycles. The minimum absolute atomic E-state index is 0. The number of nitrogens with two attached hydrogens (primary N) is 4. The Morgan fingerprint density at radius 2 is 0.875 bits per heavy atom. The maximum absolute atomic E-state index is 7.25. The normalized spacial score (nSPS) is 1.00. The van der Waals surface area contributed by atoms with E-state index in [1.807, 2.05) is 0 Å². The third-order valence-corrected chi connectivity index (χ3v) is 0. The Balaban J connectivity index is -0.00000000167. The first kappa shape index (κ1) is 66.8. The van der Waals surface area contributed by atoms with Crippen LogP contribution >= 0.6 is 19.8 Å². The molecule has 0 spiro atoms. The SMILES string of the molecule is N#[O+].[NH2-].[NH2-].[NH2-].[NH2-].[Ru][I]. The molecule has 6 nitrogen and oxygen atoms in total. The number of hydrogen-bond donors (Lipinski definition) is 0. The molecule has 0 aromatic heterocycles. The van der Waals surface area contributed by atoms with Gasteiger partial charge in [-0.3, -0.25) is 0 Å². The van der Waals surface area contributed by atoms with Crippen molar-refractivity contribution >= 4 is 19.8 Å². The van der Waals surface area contributed by atoms with Crippen LogP contribution in [0, 0.1) is 5.46 Å². The van der Waals surface area contributed by atoms with Crippen molar-refractivity contribution in [3.05, 3.63) is 24.6 Å². The third kappa shape index (κ3) is 317. The molecule has 0 bridgehead atoms. The predicted octanol–water partition coefficient (Wildman–Crippen LogP) is 3.65. The van der Waals surface area contributed by atoms with Crippen LogP contribution in [0.3, 0.4) is 0 Å². The molecule has 0 rings (SSSR count). The summed E-state index contributed by atoms with van der Waals surface area (Å²) in [5, 5.41) is 0. The quantitative estimate of drug-likeness (QED) is 0.369. The van der Waals surface area contributed by atoms with E-state index in [2.05, 4.69) is 34.5 Å². The summed E-state index contributed by atoms with van der Waals surface area (Å²) >= 11 is 4.40. The Morgan fingerprint density at radius 3 is 0.875 bits per heavy atom. The molecule has 0 aliphatic carbocycles. The van der Waals surface area contributed by atoms with Crippen molar-refractivity contribution in [2.45, 2.75) is 0 Å². The van der Waals surface area contributed by atoms with E-state index in [1.165, 1.54) is 0 Å². The van der Waals surface area contributed by atoms with Crippen LogP contribution in [0.2, 0.25) is 0 Å². The summed E-state index contributed by atoms with van der Waals surface area (Å²) in [6.45, 7) is 0. The summed E-state index contributed by atoms with van der Waals surface area (Å²) in [5.41, 5.74) is 5.75. The van der Waals surface area contributed by atoms with E-state index in [0.717, 1.165) is 0 Å². The molecule has 0 aromatic rings. The Hall–Kier alpha value is 0.863. The Labute approximate surface area is 69.2 Å². The van der Waals surface area contributed by atoms with Gasteiger partial charge in [0.25, 0.3) is 0 Å². The van der Waals surface area contributed by atoms with Crippen molar-refractivity contribution in [2.24, 2.45) is 0 Å². The molecule has 0 aliphatic heterocycles. The summed E-state index contributed by atoms with van der Waals surface area (Å²) in [5.74, 6) is 0. The van der Waals surface area contributed by atoms with Crippen LogP contribution in [0.1, 0.15) is 0 Å². The maximum atomic E-state index is 7.25. The standard InChI is InChI=1S/HI.NO.4H2N.Ru/c;1-2;;;;;/h1H;;4*1H2;/q;+1;4*-1;+1/p-1. The molecular weight excluding hydrogens is 314 g/mol. The third-order valence-electron chi connectivity index (χ3n) is 0. The number of halogens is 1. The molecule has 0 amide bonds. The molecule has 0 aliphatic rings. The van der Waals surface area contributed by atoms with Gasteiger partial charge in [-0.2, -0.15) is 0 Å². The molecule has 0 radical (unpaired) electrons. The summed E-state index contributed by atoms with van der Waals surface area (Å²) in [7, 11) is 0. The van der Waals surface area contributed by atoms with Crippen molar-refractivity contribution in [1.82, 2.24) is 0 Å². The van der Waals surface area contributed by atoms with Gasteiger partial charge in [0.2, 0.25) is 0 Å². The van der Waals surface area contributed by atoms with Gasteiger partial charge in [0, 0.05) is 0 Å². The zero-order valence-electron chi connectivity index (χ0n) is 3.90. The van der Waals surface area contributed by atoms with Crippen molar-refractivity contribution in [2.75, 3.05) is 0 Å². The van der Waals surface area contributed by atoms with Gasteiger partial charge in [-0.15, -0.1) is 0 Å². The van der Waals surface area contributed by atoms with Crippen LogP contribution < -0.4 is 0 Å². The molecule has 0 fully saturated rings. The van der Waals surface area contributed by atoms with Crippen molar-refractivity contribution in [3.63, 3.8) is 0 Å². The fraction of sp³-hybridized carbons (Fsp3) is 0. The zero-order valence-corrected chi connectivity index (χ0v) is 7.79. The molecule has 0 saturated carbocycles. The molecule has 8 heavy (non-hydrogen) atoms. The van der Waals surface area contributed by atoms with Gasteiger partial charge in [0.05, 0.1) is 0 Å². The fourth-order valence-electron chi connectivity index (χ4n) is 0. The summed E-state index contributed by atoms with van der Waals surface area (Å²) in [6, 6.07) is 0. The molecule has 57 valence electrons. The number of hydrogen-bond acceptors (Lipinski definition) is 1. The van der Waals surface area contributed by atoms with Gasteiger partial charge in [-0.1, -0.05) is 0 Å². The van der Waals surface area contributed by atoms with E-state index in [4.69, 9.17) is 10.2 Å². The van der Waals surface area contributed by atoms with Crippen LogP contribution in [-0.2, 0) is 19.6 Å². The predicted molar refractivity (Wildman–Crippen MR) is 37.6 cm³/mol. The summed E-state index contributed by atoms with van der Waals surface area (Å²) in [6.07, 6.45) is 0. The van der Waals surface area contributed by atoms with Gasteiger partial charge in [0.1, 0.15) is 0 Å². The Bertz CT molecular complexity index is 17.1. The molecule has 0 atom stereocenters. The molecular formula is H8IN5ORu-3. The van der Waals surface area contributed by atoms with Crippen LogP contribution in [0.25, 0.3) is 24.6 Å². The van der Waals surface area contributed by atoms with E-state index in [1.54, 1.807) is 0 Å². The van der Waals surface area contributed by atoms with Crippen molar-refractivity contribution in [1.29, 1.82) is 5.46 Å². The van der Waals surface area contributed by atoms with Crippen LogP contribution in [0.5, 0.6) is 0 Å². The van der Waals surface area contributed by atoms with Gasteiger partial charge in [0.15, 0.2) is 0 Å². The summed E-state index contributed by atoms with van der Waals surface area (Å²) < 4.78 is 7.25. The van der Waals surface area contributed by atoms with Crippen LogP contribution in [0.4, 0.5) is 0 Å². The van der Waals surface area contributed by atoms with Gasteiger partial charge in [-0.05, 0) is 0 Å². The Morgan fingerprint density at radius 1 is 0.875 bits per heavy atom. The molecule has 8 N–H and O–H groups in total. The molecule has 0 saturated heterocycles. The molecule has 0 unspecified atom stereocenters. The number of rotatable bonds is 0. The first-order valence-corrected chi connectivity index (χ1v) is 5.49. The van der Waals surface area contributed by atoms with E-state index in [0.29, 0.717) is 0 Å². The Kier molecular flexibility index (Phi) is 4150. The van der Waals surface area contributed by atoms with Crippen molar-refractivity contribution in [3.8, 4) is 0 Å². The van der Waals surface area contributed by atoms with Gasteiger partial charge in [-0.25, -0.2) is 0 Å². The first-order valence-electron chi connectivity index (χ1n) is 0.316. The monoisotopic (exact) mass is 323 g/mol. The molecule has 8 heteroatoms. The van der Waals surface area contributed by atoms with Crippen LogP contribution in [0.15, 0.2) is 0 Å². The minimum atomic E-state index is 0. The second kappa shape index (κ2) is 497. The van der Waals surface area contributed by atoms with E-state index in [-0.39, 0.29) is 24.6 Å². The van der Waals surface area contributed by atoms with Gasteiger partial charge < -0.3 is 24.6 Å². The van der Waals surface area contributed by atoms with E-state index >= 15 is 0 Å². The topological polar surface area (TPSA) is 178 Å². The summed E-state index contributed by atoms with van der Waals surface area (Å²) in [4.78, 5) is 0. The van der Waals surface area contributed by atoms with Crippen molar-refractivity contribution < 1.29 is 19.6 Å². The zero-order chi connectivity index (χ0) is 4.00. The number of nitrogens with zero attached hydrogens (tertiary/aromatic N) is 1.